The van der Waals surface area contributed by atoms with Crippen LogP contribution < -0.4 is 0 Å². The van der Waals surface area contributed by atoms with Gasteiger partial charge in [0.1, 0.15) is 0 Å². The normalized spacial score (nSPS) is 17.1. The highest BCUT2D eigenvalue weighted by Crippen LogP contribution is 2.27. The molecule has 0 bridgehead atoms. The molecule has 9 heteroatoms. The molecule has 1 aliphatic heterocycles. The first-order valence-electron chi connectivity index (χ1n) is 5.86. The van der Waals surface area contributed by atoms with Gasteiger partial charge in [0.05, 0.1) is 23.0 Å². The largest absolute Gasteiger partial charge is 0.379 e. The Balaban J connectivity index is 2.49. The monoisotopic (exact) mass is 304 g/mol. The lowest BCUT2D eigenvalue weighted by Gasteiger charge is -2.26. The van der Waals surface area contributed by atoms with Gasteiger partial charge in [-0.25, -0.2) is 8.42 Å². The minimum atomic E-state index is -3.88. The number of halogens is 1. The van der Waals surface area contributed by atoms with E-state index in [1.165, 1.54) is 11.2 Å². The molecule has 0 aliphatic carbocycles. The van der Waals surface area contributed by atoms with E-state index in [0.29, 0.717) is 0 Å². The van der Waals surface area contributed by atoms with E-state index in [1.807, 2.05) is 0 Å². The van der Waals surface area contributed by atoms with Crippen molar-refractivity contribution in [1.82, 2.24) is 4.31 Å². The van der Waals surface area contributed by atoms with Gasteiger partial charge in [0, 0.05) is 19.2 Å². The van der Waals surface area contributed by atoms with E-state index in [2.05, 4.69) is 0 Å². The summed E-state index contributed by atoms with van der Waals surface area (Å²) >= 11 is 0. The number of nitro groups is 1. The highest BCUT2D eigenvalue weighted by atomic mass is 32.2. The summed E-state index contributed by atoms with van der Waals surface area (Å²) in [6.45, 7) is 2.17. The summed E-state index contributed by atoms with van der Waals surface area (Å²) in [5.74, 6) is -1.02. The van der Waals surface area contributed by atoms with Crippen LogP contribution in [0, 0.1) is 22.9 Å². The van der Waals surface area contributed by atoms with Gasteiger partial charge in [0.2, 0.25) is 15.8 Å². The zero-order chi connectivity index (χ0) is 14.9. The van der Waals surface area contributed by atoms with Crippen LogP contribution in [-0.2, 0) is 14.8 Å². The molecule has 20 heavy (non-hydrogen) atoms. The minimum absolute atomic E-state index is 0.0777. The van der Waals surface area contributed by atoms with E-state index >= 15 is 0 Å². The lowest BCUT2D eigenvalue weighted by Crippen LogP contribution is -2.40. The second kappa shape index (κ2) is 5.43. The van der Waals surface area contributed by atoms with Crippen LogP contribution in [0.3, 0.4) is 0 Å². The Morgan fingerprint density at radius 3 is 2.50 bits per heavy atom. The van der Waals surface area contributed by atoms with Crippen molar-refractivity contribution in [2.45, 2.75) is 11.8 Å². The number of ether oxygens (including phenoxy) is 1. The molecular weight excluding hydrogens is 291 g/mol. The van der Waals surface area contributed by atoms with Crippen LogP contribution in [0.25, 0.3) is 0 Å². The maximum absolute atomic E-state index is 13.6. The Morgan fingerprint density at radius 2 is 1.95 bits per heavy atom. The molecule has 1 fully saturated rings. The van der Waals surface area contributed by atoms with Crippen molar-refractivity contribution in [3.05, 3.63) is 33.6 Å². The first-order valence-corrected chi connectivity index (χ1v) is 7.30. The van der Waals surface area contributed by atoms with E-state index < -0.39 is 26.5 Å². The number of morpholine rings is 1. The van der Waals surface area contributed by atoms with Crippen LogP contribution >= 0.6 is 0 Å². The average molecular weight is 304 g/mol. The third kappa shape index (κ3) is 2.65. The molecule has 0 N–H and O–H groups in total. The predicted molar refractivity (Wildman–Crippen MR) is 67.4 cm³/mol. The fourth-order valence-corrected chi connectivity index (χ4v) is 3.45. The molecule has 110 valence electrons. The van der Waals surface area contributed by atoms with Crippen LogP contribution in [0.4, 0.5) is 10.1 Å². The highest BCUT2D eigenvalue weighted by molar-refractivity contribution is 7.89. The van der Waals surface area contributed by atoms with Gasteiger partial charge >= 0.3 is 5.69 Å². The maximum atomic E-state index is 13.6. The molecule has 1 heterocycles. The number of nitrogens with zero attached hydrogens (tertiary/aromatic N) is 2. The van der Waals surface area contributed by atoms with E-state index in [0.717, 1.165) is 12.1 Å². The average Bonchev–Trinajstić information content (AvgIpc) is 2.42. The van der Waals surface area contributed by atoms with E-state index in [9.17, 15) is 22.9 Å². The van der Waals surface area contributed by atoms with Crippen LogP contribution in [0.15, 0.2) is 17.0 Å². The molecular formula is C11H13FN2O5S. The molecule has 7 nitrogen and oxygen atoms in total. The lowest BCUT2D eigenvalue weighted by atomic mass is 10.2. The van der Waals surface area contributed by atoms with Crippen molar-refractivity contribution in [2.24, 2.45) is 0 Å². The Labute approximate surface area is 115 Å². The van der Waals surface area contributed by atoms with Gasteiger partial charge in [0.15, 0.2) is 0 Å². The van der Waals surface area contributed by atoms with Gasteiger partial charge in [-0.1, -0.05) is 0 Å². The van der Waals surface area contributed by atoms with Crippen LogP contribution in [0.5, 0.6) is 0 Å². The minimum Gasteiger partial charge on any atom is -0.379 e. The molecule has 0 aromatic heterocycles. The fraction of sp³-hybridized carbons (Fsp3) is 0.455. The number of benzene rings is 1. The first-order chi connectivity index (χ1) is 9.34. The number of hydrogen-bond donors (Lipinski definition) is 0. The van der Waals surface area contributed by atoms with Crippen molar-refractivity contribution in [3.63, 3.8) is 0 Å². The fourth-order valence-electron chi connectivity index (χ4n) is 1.94. The molecule has 0 saturated carbocycles. The molecule has 1 aromatic carbocycles. The van der Waals surface area contributed by atoms with E-state index in [4.69, 9.17) is 4.74 Å². The molecule has 0 unspecified atom stereocenters. The van der Waals surface area contributed by atoms with Crippen molar-refractivity contribution >= 4 is 15.7 Å². The van der Waals surface area contributed by atoms with Gasteiger partial charge in [-0.3, -0.25) is 10.1 Å². The van der Waals surface area contributed by atoms with Crippen LogP contribution in [-0.4, -0.2) is 43.9 Å². The third-order valence-corrected chi connectivity index (χ3v) is 4.89. The van der Waals surface area contributed by atoms with Crippen LogP contribution in [0.1, 0.15) is 5.56 Å². The summed E-state index contributed by atoms with van der Waals surface area (Å²) < 4.78 is 44.5. The Bertz CT molecular complexity index is 640. The molecule has 0 spiro atoms. The summed E-state index contributed by atoms with van der Waals surface area (Å²) in [7, 11) is -3.88. The van der Waals surface area contributed by atoms with Gasteiger partial charge in [0.25, 0.3) is 0 Å². The topological polar surface area (TPSA) is 89.8 Å². The quantitative estimate of drug-likeness (QED) is 0.615. The molecule has 0 atom stereocenters. The Morgan fingerprint density at radius 1 is 1.35 bits per heavy atom. The van der Waals surface area contributed by atoms with Crippen molar-refractivity contribution in [2.75, 3.05) is 26.3 Å². The van der Waals surface area contributed by atoms with Gasteiger partial charge in [-0.05, 0) is 18.6 Å². The molecule has 1 aromatic rings. The van der Waals surface area contributed by atoms with Gasteiger partial charge in [-0.15, -0.1) is 0 Å². The lowest BCUT2D eigenvalue weighted by molar-refractivity contribution is -0.387. The predicted octanol–water partition coefficient (Wildman–Crippen LogP) is 1.06. The molecule has 2 rings (SSSR count). The second-order valence-corrected chi connectivity index (χ2v) is 6.28. The Hall–Kier alpha value is -1.58. The Kier molecular flexibility index (Phi) is 4.02. The maximum Gasteiger partial charge on any atom is 0.306 e. The second-order valence-electron chi connectivity index (χ2n) is 4.35. The van der Waals surface area contributed by atoms with Crippen molar-refractivity contribution in [3.8, 4) is 0 Å². The standard InChI is InChI=1S/C11H13FN2O5S/c1-8-6-9(7-10(11(8)12)14(15)16)20(17,18)13-2-4-19-5-3-13/h6-7H,2-5H2,1H3. The van der Waals surface area contributed by atoms with Crippen LogP contribution in [0.2, 0.25) is 0 Å². The third-order valence-electron chi connectivity index (χ3n) is 3.01. The number of rotatable bonds is 3. The summed E-state index contributed by atoms with van der Waals surface area (Å²) in [6, 6.07) is 1.86. The van der Waals surface area contributed by atoms with Gasteiger partial charge in [-0.2, -0.15) is 8.70 Å². The molecule has 1 saturated heterocycles. The van der Waals surface area contributed by atoms with E-state index in [1.54, 1.807) is 0 Å². The zero-order valence-electron chi connectivity index (χ0n) is 10.7. The molecule has 0 radical (unpaired) electrons. The molecule has 1 aliphatic rings. The molecule has 0 amide bonds. The van der Waals surface area contributed by atoms with Crippen molar-refractivity contribution in [1.29, 1.82) is 0 Å². The highest BCUT2D eigenvalue weighted by Gasteiger charge is 2.29. The van der Waals surface area contributed by atoms with Crippen molar-refractivity contribution < 1.29 is 22.5 Å². The summed E-state index contributed by atoms with van der Waals surface area (Å²) in [5.41, 5.74) is -0.914. The zero-order valence-corrected chi connectivity index (χ0v) is 11.5. The number of aryl methyl sites for hydroxylation is 1. The number of hydrogen-bond acceptors (Lipinski definition) is 5. The smallest absolute Gasteiger partial charge is 0.306 e. The summed E-state index contributed by atoms with van der Waals surface area (Å²) in [6.07, 6.45) is 0. The first kappa shape index (κ1) is 14.8. The van der Waals surface area contributed by atoms with E-state index in [-0.39, 0.29) is 36.8 Å². The number of sulfonamides is 1. The summed E-state index contributed by atoms with van der Waals surface area (Å²) in [4.78, 5) is 9.56. The SMILES string of the molecule is Cc1cc(S(=O)(=O)N2CCOCC2)cc([N+](=O)[O-])c1F. The van der Waals surface area contributed by atoms with Gasteiger partial charge < -0.3 is 4.74 Å². The summed E-state index contributed by atoms with van der Waals surface area (Å²) in [5, 5.41) is 10.8. The number of nitro benzene ring substituents is 1.